The Labute approximate surface area is 142 Å². The van der Waals surface area contributed by atoms with E-state index in [0.717, 1.165) is 14.9 Å². The summed E-state index contributed by atoms with van der Waals surface area (Å²) in [6, 6.07) is 4.97. The lowest BCUT2D eigenvalue weighted by Crippen LogP contribution is -2.42. The number of urea groups is 1. The Hall–Kier alpha value is -2.09. The van der Waals surface area contributed by atoms with Gasteiger partial charge in [0.15, 0.2) is 12.7 Å². The maximum Gasteiger partial charge on any atom is 0.344 e. The molecule has 124 valence electrons. The Balaban J connectivity index is 1.84. The molecule has 8 heteroatoms. The maximum absolute atomic E-state index is 12.0. The average molecular weight is 385 g/mol. The fraction of sp³-hybridized carbons (Fsp3) is 0.400. The summed E-state index contributed by atoms with van der Waals surface area (Å²) in [6.45, 7) is 3.70. The van der Waals surface area contributed by atoms with E-state index < -0.39 is 24.0 Å². The number of amides is 3. The number of nitrogens with zero attached hydrogens (tertiary/aromatic N) is 1. The number of halogens is 1. The molecule has 0 radical (unpaired) electrons. The van der Waals surface area contributed by atoms with Crippen LogP contribution in [-0.2, 0) is 14.3 Å². The van der Waals surface area contributed by atoms with Gasteiger partial charge < -0.3 is 14.8 Å². The number of carbonyl (C=O) groups is 3. The first kappa shape index (κ1) is 17.3. The van der Waals surface area contributed by atoms with Gasteiger partial charge in [-0.05, 0) is 47.5 Å². The SMILES string of the molecule is Cc1ccc(OCC(=O)O[C@H](C)C(=O)N2CCNC2=O)c(Br)c1. The lowest BCUT2D eigenvalue weighted by atomic mass is 10.2. The van der Waals surface area contributed by atoms with Crippen LogP contribution < -0.4 is 10.1 Å². The van der Waals surface area contributed by atoms with Crippen LogP contribution in [0.2, 0.25) is 0 Å². The van der Waals surface area contributed by atoms with Crippen molar-refractivity contribution in [1.29, 1.82) is 0 Å². The Kier molecular flexibility index (Phi) is 5.59. The number of hydrogen-bond acceptors (Lipinski definition) is 5. The lowest BCUT2D eigenvalue weighted by Gasteiger charge is -2.18. The highest BCUT2D eigenvalue weighted by Gasteiger charge is 2.31. The minimum absolute atomic E-state index is 0.270. The lowest BCUT2D eigenvalue weighted by molar-refractivity contribution is -0.159. The van der Waals surface area contributed by atoms with E-state index in [-0.39, 0.29) is 13.2 Å². The van der Waals surface area contributed by atoms with Gasteiger partial charge >= 0.3 is 12.0 Å². The van der Waals surface area contributed by atoms with E-state index in [0.29, 0.717) is 12.3 Å². The van der Waals surface area contributed by atoms with Crippen molar-refractivity contribution in [2.24, 2.45) is 0 Å². The summed E-state index contributed by atoms with van der Waals surface area (Å²) in [7, 11) is 0. The molecule has 1 atom stereocenters. The van der Waals surface area contributed by atoms with Crippen LogP contribution >= 0.6 is 15.9 Å². The van der Waals surface area contributed by atoms with E-state index >= 15 is 0 Å². The van der Waals surface area contributed by atoms with Crippen LogP contribution in [0, 0.1) is 6.92 Å². The molecule has 1 saturated heterocycles. The minimum atomic E-state index is -1.04. The highest BCUT2D eigenvalue weighted by Crippen LogP contribution is 2.25. The zero-order valence-corrected chi connectivity index (χ0v) is 14.4. The van der Waals surface area contributed by atoms with E-state index in [1.165, 1.54) is 6.92 Å². The molecule has 0 saturated carbocycles. The fourth-order valence-corrected chi connectivity index (χ4v) is 2.65. The molecule has 1 fully saturated rings. The molecule has 1 aromatic rings. The number of hydrogen-bond donors (Lipinski definition) is 1. The molecule has 0 aromatic heterocycles. The molecule has 0 aliphatic carbocycles. The quantitative estimate of drug-likeness (QED) is 0.779. The molecule has 2 rings (SSSR count). The van der Waals surface area contributed by atoms with Crippen molar-refractivity contribution in [3.63, 3.8) is 0 Å². The van der Waals surface area contributed by atoms with Crippen molar-refractivity contribution in [2.75, 3.05) is 19.7 Å². The first-order valence-electron chi connectivity index (χ1n) is 7.06. The largest absolute Gasteiger partial charge is 0.481 e. The van der Waals surface area contributed by atoms with Crippen molar-refractivity contribution in [3.05, 3.63) is 28.2 Å². The van der Waals surface area contributed by atoms with Gasteiger partial charge in [0.25, 0.3) is 5.91 Å². The highest BCUT2D eigenvalue weighted by atomic mass is 79.9. The van der Waals surface area contributed by atoms with E-state index in [9.17, 15) is 14.4 Å². The molecule has 7 nitrogen and oxygen atoms in total. The monoisotopic (exact) mass is 384 g/mol. The van der Waals surface area contributed by atoms with Gasteiger partial charge in [-0.25, -0.2) is 9.59 Å². The van der Waals surface area contributed by atoms with Gasteiger partial charge in [-0.1, -0.05) is 6.07 Å². The van der Waals surface area contributed by atoms with Gasteiger partial charge in [-0.2, -0.15) is 0 Å². The number of nitrogens with one attached hydrogen (secondary N) is 1. The molecule has 23 heavy (non-hydrogen) atoms. The van der Waals surface area contributed by atoms with Crippen LogP contribution in [0.3, 0.4) is 0 Å². The average Bonchev–Trinajstić information content (AvgIpc) is 2.91. The van der Waals surface area contributed by atoms with E-state index in [1.807, 2.05) is 19.1 Å². The Morgan fingerprint density at radius 3 is 2.78 bits per heavy atom. The predicted octanol–water partition coefficient (Wildman–Crippen LogP) is 1.62. The van der Waals surface area contributed by atoms with Gasteiger partial charge in [-0.3, -0.25) is 9.69 Å². The van der Waals surface area contributed by atoms with Gasteiger partial charge in [0.2, 0.25) is 0 Å². The molecule has 1 aliphatic heterocycles. The molecule has 3 amide bonds. The van der Waals surface area contributed by atoms with Crippen LogP contribution in [0.1, 0.15) is 12.5 Å². The van der Waals surface area contributed by atoms with E-state index in [2.05, 4.69) is 21.2 Å². The Morgan fingerprint density at radius 1 is 1.43 bits per heavy atom. The highest BCUT2D eigenvalue weighted by molar-refractivity contribution is 9.10. The van der Waals surface area contributed by atoms with Gasteiger partial charge in [0.05, 0.1) is 4.47 Å². The fourth-order valence-electron chi connectivity index (χ4n) is 2.04. The van der Waals surface area contributed by atoms with Crippen LogP contribution in [0.4, 0.5) is 4.79 Å². The third-order valence-corrected chi connectivity index (χ3v) is 3.83. The molecule has 1 heterocycles. The zero-order valence-electron chi connectivity index (χ0n) is 12.8. The molecule has 1 aliphatic rings. The normalized spacial score (nSPS) is 15.1. The van der Waals surface area contributed by atoms with Gasteiger partial charge in [-0.15, -0.1) is 0 Å². The molecule has 0 bridgehead atoms. The third-order valence-electron chi connectivity index (χ3n) is 3.21. The third kappa shape index (κ3) is 4.44. The molecular formula is C15H17BrN2O5. The Bertz CT molecular complexity index is 634. The number of benzene rings is 1. The number of aryl methyl sites for hydroxylation is 1. The summed E-state index contributed by atoms with van der Waals surface area (Å²) < 4.78 is 11.1. The zero-order chi connectivity index (χ0) is 17.0. The number of carbonyl (C=O) groups excluding carboxylic acids is 3. The van der Waals surface area contributed by atoms with Crippen molar-refractivity contribution in [1.82, 2.24) is 10.2 Å². The van der Waals surface area contributed by atoms with Gasteiger partial charge in [0, 0.05) is 13.1 Å². The van der Waals surface area contributed by atoms with Crippen LogP contribution in [0.5, 0.6) is 5.75 Å². The molecule has 0 unspecified atom stereocenters. The van der Waals surface area contributed by atoms with Crippen LogP contribution in [0.15, 0.2) is 22.7 Å². The maximum atomic E-state index is 12.0. The van der Waals surface area contributed by atoms with Crippen LogP contribution in [0.25, 0.3) is 0 Å². The summed E-state index contributed by atoms with van der Waals surface area (Å²) in [5, 5.41) is 2.51. The Morgan fingerprint density at radius 2 is 2.17 bits per heavy atom. The second-order valence-corrected chi connectivity index (χ2v) is 5.93. The van der Waals surface area contributed by atoms with Crippen molar-refractivity contribution in [2.45, 2.75) is 20.0 Å². The summed E-state index contributed by atoms with van der Waals surface area (Å²) in [4.78, 5) is 36.2. The standard InChI is InChI=1S/C15H17BrN2O5/c1-9-3-4-12(11(16)7-9)22-8-13(19)23-10(2)14(20)18-6-5-17-15(18)21/h3-4,7,10H,5-6,8H2,1-2H3,(H,17,21)/t10-/m1/s1. The molecule has 1 aromatic carbocycles. The first-order valence-corrected chi connectivity index (χ1v) is 7.85. The smallest absolute Gasteiger partial charge is 0.344 e. The topological polar surface area (TPSA) is 84.9 Å². The second-order valence-electron chi connectivity index (χ2n) is 5.08. The van der Waals surface area contributed by atoms with Gasteiger partial charge in [0.1, 0.15) is 5.75 Å². The molecule has 0 spiro atoms. The minimum Gasteiger partial charge on any atom is -0.481 e. The first-order chi connectivity index (χ1) is 10.9. The van der Waals surface area contributed by atoms with E-state index in [4.69, 9.17) is 9.47 Å². The molecular weight excluding hydrogens is 368 g/mol. The number of imide groups is 1. The number of ether oxygens (including phenoxy) is 2. The number of rotatable bonds is 5. The summed E-state index contributed by atoms with van der Waals surface area (Å²) in [5.74, 6) is -0.728. The van der Waals surface area contributed by atoms with Crippen LogP contribution in [-0.4, -0.2) is 48.6 Å². The summed E-state index contributed by atoms with van der Waals surface area (Å²) in [6.07, 6.45) is -1.04. The predicted molar refractivity (Wildman–Crippen MR) is 85.0 cm³/mol. The van der Waals surface area contributed by atoms with Crippen molar-refractivity contribution in [3.8, 4) is 5.75 Å². The second kappa shape index (κ2) is 7.45. The van der Waals surface area contributed by atoms with E-state index in [1.54, 1.807) is 6.07 Å². The van der Waals surface area contributed by atoms with Crippen molar-refractivity contribution >= 4 is 33.8 Å². The molecule has 1 N–H and O–H groups in total. The van der Waals surface area contributed by atoms with Crippen molar-refractivity contribution < 1.29 is 23.9 Å². The summed E-state index contributed by atoms with van der Waals surface area (Å²) in [5.41, 5.74) is 1.05. The summed E-state index contributed by atoms with van der Waals surface area (Å²) >= 11 is 3.34. The number of esters is 1.